The quantitative estimate of drug-likeness (QED) is 0.494. The first-order valence-corrected chi connectivity index (χ1v) is 13.1. The molecule has 5 nitrogen and oxygen atoms in total. The molecule has 4 fully saturated rings. The van der Waals surface area contributed by atoms with Crippen LogP contribution in [0.4, 0.5) is 0 Å². The molecule has 0 aliphatic heterocycles. The molecule has 0 aromatic rings. The van der Waals surface area contributed by atoms with Crippen LogP contribution in [-0.4, -0.2) is 36.2 Å². The zero-order valence-electron chi connectivity index (χ0n) is 20.1. The fraction of sp³-hybridized carbons (Fsp3) is 0.962. The molecule has 0 bridgehead atoms. The van der Waals surface area contributed by atoms with Gasteiger partial charge in [-0.1, -0.05) is 20.8 Å². The summed E-state index contributed by atoms with van der Waals surface area (Å²) < 4.78 is 0. The topological polar surface area (TPSA) is 101 Å². The number of carbonyl (C=O) groups excluding carboxylic acids is 1. The Morgan fingerprint density at radius 2 is 1.77 bits per heavy atom. The van der Waals surface area contributed by atoms with Crippen molar-refractivity contribution < 1.29 is 9.90 Å². The van der Waals surface area contributed by atoms with E-state index in [2.05, 4.69) is 26.1 Å². The number of amides is 1. The van der Waals surface area contributed by atoms with E-state index >= 15 is 0 Å². The molecule has 1 amide bonds. The Balaban J connectivity index is 1.49. The standard InChI is InChI=1S/C26H47N3O2/c1-16(4-7-24(28)31)19-5-6-20-18-15-23(30)22-14-17(29-13-12-27)8-10-26(22,3)21(18)9-11-25(19,20)2/h16-23,29-30H,4-15,27H2,1-3H3,(H2,28,31)/t16-,17?,18?,19-,20?,21?,22-,23-,25-,26-/m1/s1. The van der Waals surface area contributed by atoms with Gasteiger partial charge in [-0.3, -0.25) is 4.79 Å². The second kappa shape index (κ2) is 8.95. The number of carbonyl (C=O) groups is 1. The third kappa shape index (κ3) is 4.08. The highest BCUT2D eigenvalue weighted by atomic mass is 16.3. The van der Waals surface area contributed by atoms with Crippen molar-refractivity contribution in [1.82, 2.24) is 5.32 Å². The molecule has 0 aromatic heterocycles. The number of aliphatic hydroxyl groups excluding tert-OH is 1. The van der Waals surface area contributed by atoms with Crippen LogP contribution in [0.3, 0.4) is 0 Å². The van der Waals surface area contributed by atoms with Crippen LogP contribution >= 0.6 is 0 Å². The lowest BCUT2D eigenvalue weighted by molar-refractivity contribution is -0.162. The van der Waals surface area contributed by atoms with Gasteiger partial charge in [0.15, 0.2) is 0 Å². The van der Waals surface area contributed by atoms with Gasteiger partial charge in [0, 0.05) is 25.6 Å². The minimum atomic E-state index is -0.166. The van der Waals surface area contributed by atoms with E-state index in [1.54, 1.807) is 0 Å². The molecule has 5 heteroatoms. The van der Waals surface area contributed by atoms with Crippen LogP contribution < -0.4 is 16.8 Å². The summed E-state index contributed by atoms with van der Waals surface area (Å²) in [5.74, 6) is 3.66. The van der Waals surface area contributed by atoms with Gasteiger partial charge < -0.3 is 21.9 Å². The van der Waals surface area contributed by atoms with Gasteiger partial charge in [-0.15, -0.1) is 0 Å². The monoisotopic (exact) mass is 433 g/mol. The van der Waals surface area contributed by atoms with Crippen molar-refractivity contribution in [2.24, 2.45) is 57.8 Å². The first-order chi connectivity index (χ1) is 14.7. The number of fused-ring (bicyclic) bond motifs is 5. The van der Waals surface area contributed by atoms with Gasteiger partial charge in [-0.25, -0.2) is 0 Å². The van der Waals surface area contributed by atoms with Crippen molar-refractivity contribution in [3.05, 3.63) is 0 Å². The predicted octanol–water partition coefficient (Wildman–Crippen LogP) is 3.43. The highest BCUT2D eigenvalue weighted by molar-refractivity contribution is 5.73. The van der Waals surface area contributed by atoms with E-state index in [-0.39, 0.29) is 17.4 Å². The van der Waals surface area contributed by atoms with E-state index in [1.165, 1.54) is 38.5 Å². The Hall–Kier alpha value is -0.650. The van der Waals surface area contributed by atoms with Crippen LogP contribution in [0, 0.1) is 46.3 Å². The number of hydrogen-bond acceptors (Lipinski definition) is 4. The highest BCUT2D eigenvalue weighted by Crippen LogP contribution is 2.68. The van der Waals surface area contributed by atoms with Crippen molar-refractivity contribution in [3.8, 4) is 0 Å². The van der Waals surface area contributed by atoms with E-state index in [1.807, 2.05) is 0 Å². The molecule has 178 valence electrons. The third-order valence-electron chi connectivity index (χ3n) is 10.9. The molecule has 0 aromatic carbocycles. The van der Waals surface area contributed by atoms with Gasteiger partial charge in [0.2, 0.25) is 5.91 Å². The molecular formula is C26H47N3O2. The van der Waals surface area contributed by atoms with Crippen molar-refractivity contribution in [1.29, 1.82) is 0 Å². The molecule has 0 spiro atoms. The molecule has 0 radical (unpaired) electrons. The van der Waals surface area contributed by atoms with Crippen molar-refractivity contribution >= 4 is 5.91 Å². The number of aliphatic hydroxyl groups is 1. The maximum Gasteiger partial charge on any atom is 0.217 e. The zero-order chi connectivity index (χ0) is 22.4. The van der Waals surface area contributed by atoms with E-state index in [0.29, 0.717) is 48.1 Å². The summed E-state index contributed by atoms with van der Waals surface area (Å²) in [6.07, 6.45) is 11.1. The van der Waals surface area contributed by atoms with Crippen molar-refractivity contribution in [3.63, 3.8) is 0 Å². The van der Waals surface area contributed by atoms with Crippen LogP contribution in [0.15, 0.2) is 0 Å². The van der Waals surface area contributed by atoms with Gasteiger partial charge in [-0.2, -0.15) is 0 Å². The van der Waals surface area contributed by atoms with Gasteiger partial charge >= 0.3 is 0 Å². The predicted molar refractivity (Wildman–Crippen MR) is 125 cm³/mol. The summed E-state index contributed by atoms with van der Waals surface area (Å²) in [5.41, 5.74) is 11.8. The summed E-state index contributed by atoms with van der Waals surface area (Å²) in [4.78, 5) is 11.3. The summed E-state index contributed by atoms with van der Waals surface area (Å²) in [6.45, 7) is 8.97. The first-order valence-electron chi connectivity index (χ1n) is 13.1. The highest BCUT2D eigenvalue weighted by Gasteiger charge is 2.62. The molecule has 10 atom stereocenters. The third-order valence-corrected chi connectivity index (χ3v) is 10.9. The zero-order valence-corrected chi connectivity index (χ0v) is 20.1. The fourth-order valence-corrected chi connectivity index (χ4v) is 9.32. The summed E-state index contributed by atoms with van der Waals surface area (Å²) >= 11 is 0. The average molecular weight is 434 g/mol. The van der Waals surface area contributed by atoms with Crippen LogP contribution in [0.5, 0.6) is 0 Å². The van der Waals surface area contributed by atoms with Gasteiger partial charge in [0.1, 0.15) is 0 Å². The summed E-state index contributed by atoms with van der Waals surface area (Å²) in [5, 5.41) is 15.0. The number of rotatable bonds is 7. The second-order valence-electron chi connectivity index (χ2n) is 12.2. The molecular weight excluding hydrogens is 386 g/mol. The van der Waals surface area contributed by atoms with Crippen LogP contribution in [0.2, 0.25) is 0 Å². The molecule has 4 aliphatic rings. The molecule has 4 saturated carbocycles. The first kappa shape index (κ1) is 23.5. The second-order valence-corrected chi connectivity index (χ2v) is 12.2. The lowest BCUT2D eigenvalue weighted by Crippen LogP contribution is -2.59. The van der Waals surface area contributed by atoms with Crippen LogP contribution in [-0.2, 0) is 4.79 Å². The minimum absolute atomic E-state index is 0.164. The minimum Gasteiger partial charge on any atom is -0.393 e. The molecule has 0 saturated heterocycles. The smallest absolute Gasteiger partial charge is 0.217 e. The molecule has 31 heavy (non-hydrogen) atoms. The number of nitrogens with two attached hydrogens (primary N) is 2. The SMILES string of the molecule is C[C@H](CCC(N)=O)[C@H]1CCC2C3C[C@@H](O)[C@H]4CC(NCCN)CC[C@]4(C)C3CC[C@@]21C. The Morgan fingerprint density at radius 1 is 1.06 bits per heavy atom. The van der Waals surface area contributed by atoms with Crippen LogP contribution in [0.1, 0.15) is 85.0 Å². The van der Waals surface area contributed by atoms with Gasteiger partial charge in [0.25, 0.3) is 0 Å². The van der Waals surface area contributed by atoms with E-state index in [4.69, 9.17) is 11.5 Å². The number of nitrogens with one attached hydrogen (secondary N) is 1. The lowest BCUT2D eigenvalue weighted by Gasteiger charge is -2.62. The summed E-state index contributed by atoms with van der Waals surface area (Å²) in [6, 6.07) is 0.517. The number of hydrogen-bond donors (Lipinski definition) is 4. The van der Waals surface area contributed by atoms with E-state index in [9.17, 15) is 9.90 Å². The average Bonchev–Trinajstić information content (AvgIpc) is 3.08. The van der Waals surface area contributed by atoms with Crippen molar-refractivity contribution in [2.75, 3.05) is 13.1 Å². The molecule has 6 N–H and O–H groups in total. The maximum absolute atomic E-state index is 11.4. The molecule has 4 rings (SSSR count). The Morgan fingerprint density at radius 3 is 2.48 bits per heavy atom. The number of primary amides is 1. The fourth-order valence-electron chi connectivity index (χ4n) is 9.32. The lowest BCUT2D eigenvalue weighted by atomic mass is 9.43. The maximum atomic E-state index is 11.4. The largest absolute Gasteiger partial charge is 0.393 e. The Kier molecular flexibility index (Phi) is 6.78. The van der Waals surface area contributed by atoms with E-state index < -0.39 is 0 Å². The Bertz CT molecular complexity index is 657. The molecule has 0 heterocycles. The molecule has 4 aliphatic carbocycles. The van der Waals surface area contributed by atoms with Crippen molar-refractivity contribution in [2.45, 2.75) is 97.1 Å². The molecule has 4 unspecified atom stereocenters. The van der Waals surface area contributed by atoms with Gasteiger partial charge in [0.05, 0.1) is 6.10 Å². The summed E-state index contributed by atoms with van der Waals surface area (Å²) in [7, 11) is 0. The van der Waals surface area contributed by atoms with E-state index in [0.717, 1.165) is 37.6 Å². The normalized spacial score (nSPS) is 47.8. The van der Waals surface area contributed by atoms with Gasteiger partial charge in [-0.05, 0) is 104 Å². The Labute approximate surface area is 189 Å². The van der Waals surface area contributed by atoms with Crippen LogP contribution in [0.25, 0.3) is 0 Å².